The van der Waals surface area contributed by atoms with Crippen LogP contribution in [0.3, 0.4) is 0 Å². The highest BCUT2D eigenvalue weighted by atomic mass is 79.9. The first-order valence-corrected chi connectivity index (χ1v) is 7.65. The third-order valence-electron chi connectivity index (χ3n) is 3.45. The summed E-state index contributed by atoms with van der Waals surface area (Å²) in [6.45, 7) is 0.556. The van der Waals surface area contributed by atoms with Gasteiger partial charge in [0.15, 0.2) is 0 Å². The first-order chi connectivity index (χ1) is 11.1. The molecule has 0 aliphatic rings. The SMILES string of the molecule is COc1ccc(CNc2cc(Br)cn3ncc(C(=O)O)c23)cc1. The van der Waals surface area contributed by atoms with E-state index in [-0.39, 0.29) is 5.56 Å². The van der Waals surface area contributed by atoms with Crippen molar-refractivity contribution in [2.24, 2.45) is 0 Å². The lowest BCUT2D eigenvalue weighted by Gasteiger charge is -2.10. The molecule has 0 amide bonds. The van der Waals surface area contributed by atoms with Crippen molar-refractivity contribution >= 4 is 33.1 Å². The number of rotatable bonds is 5. The van der Waals surface area contributed by atoms with Gasteiger partial charge in [0.25, 0.3) is 0 Å². The molecule has 2 N–H and O–H groups in total. The number of nitrogens with one attached hydrogen (secondary N) is 1. The minimum atomic E-state index is -1.00. The van der Waals surface area contributed by atoms with Crippen LogP contribution in [0.5, 0.6) is 5.75 Å². The van der Waals surface area contributed by atoms with Crippen LogP contribution in [-0.2, 0) is 6.54 Å². The lowest BCUT2D eigenvalue weighted by molar-refractivity contribution is 0.0699. The predicted molar refractivity (Wildman–Crippen MR) is 90.2 cm³/mol. The van der Waals surface area contributed by atoms with Gasteiger partial charge in [-0.05, 0) is 39.7 Å². The second-order valence-corrected chi connectivity index (χ2v) is 5.85. The van der Waals surface area contributed by atoms with Crippen molar-refractivity contribution in [1.82, 2.24) is 9.61 Å². The zero-order valence-corrected chi connectivity index (χ0v) is 13.9. The highest BCUT2D eigenvalue weighted by Gasteiger charge is 2.15. The number of anilines is 1. The van der Waals surface area contributed by atoms with Crippen LogP contribution in [0, 0.1) is 0 Å². The second-order valence-electron chi connectivity index (χ2n) is 4.93. The van der Waals surface area contributed by atoms with Crippen LogP contribution in [0.15, 0.2) is 47.2 Å². The van der Waals surface area contributed by atoms with E-state index in [1.54, 1.807) is 17.8 Å². The highest BCUT2D eigenvalue weighted by Crippen LogP contribution is 2.26. The molecular formula is C16H14BrN3O3. The Morgan fingerprint density at radius 1 is 1.39 bits per heavy atom. The molecule has 0 aliphatic carbocycles. The topological polar surface area (TPSA) is 75.9 Å². The number of carbonyl (C=O) groups is 1. The smallest absolute Gasteiger partial charge is 0.339 e. The summed E-state index contributed by atoms with van der Waals surface area (Å²) in [7, 11) is 1.62. The Morgan fingerprint density at radius 2 is 2.13 bits per heavy atom. The maximum absolute atomic E-state index is 11.4. The number of carboxylic acids is 1. The number of aromatic nitrogens is 2. The van der Waals surface area contributed by atoms with E-state index in [0.717, 1.165) is 15.8 Å². The van der Waals surface area contributed by atoms with Crippen molar-refractivity contribution in [3.63, 3.8) is 0 Å². The zero-order valence-electron chi connectivity index (χ0n) is 12.3. The molecule has 6 nitrogen and oxygen atoms in total. The largest absolute Gasteiger partial charge is 0.497 e. The summed E-state index contributed by atoms with van der Waals surface area (Å²) in [4.78, 5) is 11.4. The quantitative estimate of drug-likeness (QED) is 0.714. The van der Waals surface area contributed by atoms with Crippen LogP contribution in [0.4, 0.5) is 5.69 Å². The number of hydrogen-bond acceptors (Lipinski definition) is 4. The maximum atomic E-state index is 11.4. The molecule has 3 rings (SSSR count). The van der Waals surface area contributed by atoms with Crippen LogP contribution < -0.4 is 10.1 Å². The Kier molecular flexibility index (Phi) is 4.20. The fourth-order valence-electron chi connectivity index (χ4n) is 2.32. The zero-order chi connectivity index (χ0) is 16.4. The molecule has 3 aromatic rings. The Labute approximate surface area is 140 Å². The van der Waals surface area contributed by atoms with Crippen LogP contribution in [-0.4, -0.2) is 27.8 Å². The minimum Gasteiger partial charge on any atom is -0.497 e. The van der Waals surface area contributed by atoms with Gasteiger partial charge in [0, 0.05) is 17.2 Å². The maximum Gasteiger partial charge on any atom is 0.339 e. The molecule has 2 heterocycles. The van der Waals surface area contributed by atoms with Crippen LogP contribution >= 0.6 is 15.9 Å². The number of ether oxygens (including phenoxy) is 1. The van der Waals surface area contributed by atoms with Crippen molar-refractivity contribution in [3.05, 3.63) is 58.3 Å². The molecule has 0 radical (unpaired) electrons. The van der Waals surface area contributed by atoms with Crippen molar-refractivity contribution < 1.29 is 14.6 Å². The lowest BCUT2D eigenvalue weighted by Crippen LogP contribution is -2.04. The van der Waals surface area contributed by atoms with Gasteiger partial charge in [-0.3, -0.25) is 0 Å². The Morgan fingerprint density at radius 3 is 2.78 bits per heavy atom. The van der Waals surface area contributed by atoms with Crippen molar-refractivity contribution in [3.8, 4) is 5.75 Å². The van der Waals surface area contributed by atoms with E-state index < -0.39 is 5.97 Å². The number of methoxy groups -OCH3 is 1. The summed E-state index contributed by atoms with van der Waals surface area (Å²) in [6.07, 6.45) is 3.07. The summed E-state index contributed by atoms with van der Waals surface area (Å²) in [5.74, 6) is -0.211. The van der Waals surface area contributed by atoms with E-state index in [4.69, 9.17) is 4.74 Å². The molecule has 0 saturated heterocycles. The number of pyridine rings is 1. The molecule has 0 unspecified atom stereocenters. The van der Waals surface area contributed by atoms with Gasteiger partial charge in [0.05, 0.1) is 19.0 Å². The van der Waals surface area contributed by atoms with Crippen molar-refractivity contribution in [2.45, 2.75) is 6.54 Å². The number of benzene rings is 1. The third-order valence-corrected chi connectivity index (χ3v) is 3.88. The van der Waals surface area contributed by atoms with Crippen LogP contribution in [0.25, 0.3) is 5.52 Å². The fraction of sp³-hybridized carbons (Fsp3) is 0.125. The van der Waals surface area contributed by atoms with E-state index in [2.05, 4.69) is 26.3 Å². The first kappa shape index (κ1) is 15.4. The number of fused-ring (bicyclic) bond motifs is 1. The minimum absolute atomic E-state index is 0.162. The van der Waals surface area contributed by atoms with Gasteiger partial charge < -0.3 is 15.2 Å². The van der Waals surface area contributed by atoms with Gasteiger partial charge in [0.2, 0.25) is 0 Å². The summed E-state index contributed by atoms with van der Waals surface area (Å²) >= 11 is 3.41. The highest BCUT2D eigenvalue weighted by molar-refractivity contribution is 9.10. The summed E-state index contributed by atoms with van der Waals surface area (Å²) < 4.78 is 7.49. The van der Waals surface area contributed by atoms with E-state index >= 15 is 0 Å². The number of nitrogens with zero attached hydrogens (tertiary/aromatic N) is 2. The van der Waals surface area contributed by atoms with Gasteiger partial charge in [-0.1, -0.05) is 12.1 Å². The van der Waals surface area contributed by atoms with E-state index in [9.17, 15) is 9.90 Å². The van der Waals surface area contributed by atoms with Gasteiger partial charge in [-0.15, -0.1) is 0 Å². The van der Waals surface area contributed by atoms with Crippen molar-refractivity contribution in [2.75, 3.05) is 12.4 Å². The average molecular weight is 376 g/mol. The van der Waals surface area contributed by atoms with Gasteiger partial charge in [0.1, 0.15) is 16.8 Å². The average Bonchev–Trinajstić information content (AvgIpc) is 2.97. The predicted octanol–water partition coefficient (Wildman–Crippen LogP) is 3.42. The van der Waals surface area contributed by atoms with Crippen molar-refractivity contribution in [1.29, 1.82) is 0 Å². The number of hydrogen-bond donors (Lipinski definition) is 2. The molecule has 0 saturated carbocycles. The standard InChI is InChI=1S/C16H14BrN3O3/c1-23-12-4-2-10(3-5-12)7-18-14-6-11(17)9-20-15(14)13(8-19-20)16(21)22/h2-6,8-9,18H,7H2,1H3,(H,21,22). The third kappa shape index (κ3) is 3.14. The Bertz CT molecular complexity index is 859. The second kappa shape index (κ2) is 6.29. The lowest BCUT2D eigenvalue weighted by atomic mass is 10.2. The number of halogens is 1. The molecule has 118 valence electrons. The van der Waals surface area contributed by atoms with E-state index in [1.807, 2.05) is 30.3 Å². The van der Waals surface area contributed by atoms with Gasteiger partial charge in [-0.25, -0.2) is 9.31 Å². The molecule has 0 bridgehead atoms. The number of carboxylic acid groups (broad SMARTS) is 1. The Balaban J connectivity index is 1.92. The molecule has 0 aliphatic heterocycles. The normalized spacial score (nSPS) is 10.7. The monoisotopic (exact) mass is 375 g/mol. The van der Waals surface area contributed by atoms with Crippen LogP contribution in [0.2, 0.25) is 0 Å². The molecule has 0 spiro atoms. The van der Waals surface area contributed by atoms with Gasteiger partial charge in [-0.2, -0.15) is 5.10 Å². The van der Waals surface area contributed by atoms with E-state index in [1.165, 1.54) is 6.20 Å². The molecule has 23 heavy (non-hydrogen) atoms. The fourth-order valence-corrected chi connectivity index (χ4v) is 2.74. The Hall–Kier alpha value is -2.54. The van der Waals surface area contributed by atoms with E-state index in [0.29, 0.717) is 17.7 Å². The summed E-state index contributed by atoms with van der Waals surface area (Å²) in [5.41, 5.74) is 2.45. The van der Waals surface area contributed by atoms with Gasteiger partial charge >= 0.3 is 5.97 Å². The number of aromatic carboxylic acids is 1. The molecule has 0 fully saturated rings. The first-order valence-electron chi connectivity index (χ1n) is 6.85. The summed E-state index contributed by atoms with van der Waals surface area (Å²) in [5, 5.41) is 16.7. The molecule has 0 atom stereocenters. The molecule has 2 aromatic heterocycles. The summed E-state index contributed by atoms with van der Waals surface area (Å²) in [6, 6.07) is 9.52. The molecule has 1 aromatic carbocycles. The molecule has 7 heteroatoms. The molecular weight excluding hydrogens is 362 g/mol. The van der Waals surface area contributed by atoms with Crippen LogP contribution in [0.1, 0.15) is 15.9 Å².